The van der Waals surface area contributed by atoms with E-state index in [0.29, 0.717) is 17.6 Å². The monoisotopic (exact) mass is 286 g/mol. The Kier molecular flexibility index (Phi) is 3.78. The lowest BCUT2D eigenvalue weighted by molar-refractivity contribution is 0.0526. The number of esters is 1. The molecule has 4 heteroatoms. The number of halogens is 1. The molecule has 0 aliphatic carbocycles. The van der Waals surface area contributed by atoms with Crippen LogP contribution >= 0.6 is 22.6 Å². The summed E-state index contributed by atoms with van der Waals surface area (Å²) < 4.78 is 5.77. The molecule has 0 fully saturated rings. The first-order valence-electron chi connectivity index (χ1n) is 3.86. The number of hydrogen-bond donors (Lipinski definition) is 0. The number of rotatable bonds is 2. The van der Waals surface area contributed by atoms with Crippen molar-refractivity contribution >= 4 is 41.9 Å². The third kappa shape index (κ3) is 3.02. The third-order valence-corrected chi connectivity index (χ3v) is 2.05. The second kappa shape index (κ2) is 4.65. The van der Waals surface area contributed by atoms with Gasteiger partial charge in [0.15, 0.2) is 0 Å². The Balaban J connectivity index is 2.94. The lowest BCUT2D eigenvalue weighted by Crippen LogP contribution is -2.11. The number of carbonyl (C=O) groups is 1. The van der Waals surface area contributed by atoms with Crippen LogP contribution in [0.3, 0.4) is 0 Å². The standard InChI is InChI=1S/C9H8BIO2/c1-2-13-9(12)6-3-7(10)5-8(11)4-6/h3-5H,2H2,1H3. The zero-order valence-corrected chi connectivity index (χ0v) is 9.37. The molecule has 0 saturated heterocycles. The normalized spacial score (nSPS) is 9.69. The Morgan fingerprint density at radius 1 is 1.54 bits per heavy atom. The van der Waals surface area contributed by atoms with Gasteiger partial charge in [-0.2, -0.15) is 0 Å². The molecule has 0 aliphatic heterocycles. The molecule has 1 aromatic rings. The van der Waals surface area contributed by atoms with Crippen molar-refractivity contribution in [2.24, 2.45) is 0 Å². The van der Waals surface area contributed by atoms with Crippen LogP contribution in [-0.4, -0.2) is 20.4 Å². The molecule has 0 aromatic heterocycles. The fraction of sp³-hybridized carbons (Fsp3) is 0.222. The Morgan fingerprint density at radius 2 is 2.23 bits per heavy atom. The SMILES string of the molecule is [B]c1cc(I)cc(C(=O)OCC)c1. The topological polar surface area (TPSA) is 26.3 Å². The van der Waals surface area contributed by atoms with Crippen LogP contribution in [0.4, 0.5) is 0 Å². The average molecular weight is 286 g/mol. The van der Waals surface area contributed by atoms with Gasteiger partial charge >= 0.3 is 5.97 Å². The van der Waals surface area contributed by atoms with Crippen molar-refractivity contribution < 1.29 is 9.53 Å². The molecule has 0 amide bonds. The van der Waals surface area contributed by atoms with Gasteiger partial charge in [-0.3, -0.25) is 0 Å². The van der Waals surface area contributed by atoms with Crippen molar-refractivity contribution in [3.8, 4) is 0 Å². The van der Waals surface area contributed by atoms with Gasteiger partial charge in [0.1, 0.15) is 7.85 Å². The van der Waals surface area contributed by atoms with E-state index < -0.39 is 0 Å². The van der Waals surface area contributed by atoms with Crippen LogP contribution in [-0.2, 0) is 4.74 Å². The van der Waals surface area contributed by atoms with Crippen molar-refractivity contribution in [1.82, 2.24) is 0 Å². The molecule has 0 bridgehead atoms. The largest absolute Gasteiger partial charge is 0.462 e. The van der Waals surface area contributed by atoms with Crippen LogP contribution in [0.25, 0.3) is 0 Å². The maximum atomic E-state index is 11.3. The van der Waals surface area contributed by atoms with Gasteiger partial charge in [-0.05, 0) is 35.6 Å². The van der Waals surface area contributed by atoms with E-state index >= 15 is 0 Å². The summed E-state index contributed by atoms with van der Waals surface area (Å²) in [7, 11) is 5.58. The summed E-state index contributed by atoms with van der Waals surface area (Å²) in [4.78, 5) is 11.3. The van der Waals surface area contributed by atoms with Gasteiger partial charge in [0.25, 0.3) is 0 Å². The van der Waals surface area contributed by atoms with Gasteiger partial charge in [-0.25, -0.2) is 4.79 Å². The third-order valence-electron chi connectivity index (χ3n) is 1.43. The van der Waals surface area contributed by atoms with E-state index in [4.69, 9.17) is 12.6 Å². The minimum atomic E-state index is -0.326. The summed E-state index contributed by atoms with van der Waals surface area (Å²) in [6.07, 6.45) is 0. The zero-order chi connectivity index (χ0) is 9.84. The molecular formula is C9H8BIO2. The minimum Gasteiger partial charge on any atom is -0.462 e. The molecule has 2 radical (unpaired) electrons. The predicted octanol–water partition coefficient (Wildman–Crippen LogP) is 1.26. The van der Waals surface area contributed by atoms with E-state index in [-0.39, 0.29) is 5.97 Å². The molecule has 1 rings (SSSR count). The van der Waals surface area contributed by atoms with E-state index in [1.165, 1.54) is 0 Å². The van der Waals surface area contributed by atoms with Gasteiger partial charge in [-0.15, -0.1) is 0 Å². The minimum absolute atomic E-state index is 0.326. The van der Waals surface area contributed by atoms with Gasteiger partial charge in [-0.1, -0.05) is 17.6 Å². The lowest BCUT2D eigenvalue weighted by Gasteiger charge is -2.03. The highest BCUT2D eigenvalue weighted by molar-refractivity contribution is 14.1. The van der Waals surface area contributed by atoms with E-state index in [2.05, 4.69) is 22.6 Å². The van der Waals surface area contributed by atoms with Crippen LogP contribution in [0, 0.1) is 3.57 Å². The van der Waals surface area contributed by atoms with Crippen molar-refractivity contribution in [2.75, 3.05) is 6.61 Å². The maximum absolute atomic E-state index is 11.3. The van der Waals surface area contributed by atoms with Gasteiger partial charge in [0.05, 0.1) is 12.2 Å². The average Bonchev–Trinajstić information content (AvgIpc) is 2.03. The van der Waals surface area contributed by atoms with Crippen LogP contribution in [0.15, 0.2) is 18.2 Å². The maximum Gasteiger partial charge on any atom is 0.338 e. The summed E-state index contributed by atoms with van der Waals surface area (Å²) in [6, 6.07) is 5.15. The molecule has 66 valence electrons. The van der Waals surface area contributed by atoms with Crippen LogP contribution in [0.5, 0.6) is 0 Å². The van der Waals surface area contributed by atoms with Crippen molar-refractivity contribution in [2.45, 2.75) is 6.92 Å². The Bertz CT molecular complexity index is 305. The summed E-state index contributed by atoms with van der Waals surface area (Å²) >= 11 is 2.11. The smallest absolute Gasteiger partial charge is 0.338 e. The summed E-state index contributed by atoms with van der Waals surface area (Å²) in [5.41, 5.74) is 1.08. The summed E-state index contributed by atoms with van der Waals surface area (Å²) in [5.74, 6) is -0.326. The molecule has 0 unspecified atom stereocenters. The fourth-order valence-electron chi connectivity index (χ4n) is 0.945. The first kappa shape index (κ1) is 10.6. The number of benzene rings is 1. The molecule has 0 aliphatic rings. The molecule has 2 nitrogen and oxygen atoms in total. The van der Waals surface area contributed by atoms with Crippen molar-refractivity contribution in [1.29, 1.82) is 0 Å². The van der Waals surface area contributed by atoms with E-state index in [9.17, 15) is 4.79 Å². The molecule has 0 N–H and O–H groups in total. The summed E-state index contributed by atoms with van der Waals surface area (Å²) in [5, 5.41) is 0. The van der Waals surface area contributed by atoms with Crippen molar-refractivity contribution in [3.63, 3.8) is 0 Å². The molecule has 0 saturated carbocycles. The van der Waals surface area contributed by atoms with Gasteiger partial charge in [0.2, 0.25) is 0 Å². The first-order valence-corrected chi connectivity index (χ1v) is 4.94. The quantitative estimate of drug-likeness (QED) is 0.465. The number of ether oxygens (including phenoxy) is 1. The van der Waals surface area contributed by atoms with Crippen LogP contribution < -0.4 is 5.46 Å². The van der Waals surface area contributed by atoms with Gasteiger partial charge in [0, 0.05) is 3.57 Å². The van der Waals surface area contributed by atoms with Gasteiger partial charge < -0.3 is 4.74 Å². The predicted molar refractivity (Wildman–Crippen MR) is 60.5 cm³/mol. The molecular weight excluding hydrogens is 278 g/mol. The zero-order valence-electron chi connectivity index (χ0n) is 7.21. The molecule has 1 aromatic carbocycles. The Labute approximate surface area is 92.2 Å². The molecule has 0 spiro atoms. The molecule has 0 heterocycles. The Hall–Kier alpha value is -0.515. The fourth-order valence-corrected chi connectivity index (χ4v) is 1.64. The van der Waals surface area contributed by atoms with Crippen molar-refractivity contribution in [3.05, 3.63) is 27.3 Å². The highest BCUT2D eigenvalue weighted by Gasteiger charge is 2.06. The highest BCUT2D eigenvalue weighted by atomic mass is 127. The van der Waals surface area contributed by atoms with E-state index in [0.717, 1.165) is 3.57 Å². The summed E-state index contributed by atoms with van der Waals surface area (Å²) in [6.45, 7) is 2.15. The molecule has 0 atom stereocenters. The Morgan fingerprint density at radius 3 is 2.77 bits per heavy atom. The second-order valence-electron chi connectivity index (χ2n) is 2.49. The van der Waals surface area contributed by atoms with E-state index in [1.54, 1.807) is 25.1 Å². The van der Waals surface area contributed by atoms with E-state index in [1.807, 2.05) is 0 Å². The first-order chi connectivity index (χ1) is 6.13. The molecule has 13 heavy (non-hydrogen) atoms. The highest BCUT2D eigenvalue weighted by Crippen LogP contribution is 2.07. The van der Waals surface area contributed by atoms with Crippen LogP contribution in [0.2, 0.25) is 0 Å². The second-order valence-corrected chi connectivity index (χ2v) is 3.74. The lowest BCUT2D eigenvalue weighted by atomic mass is 9.94. The number of carbonyl (C=O) groups excluding carboxylic acids is 1. The number of hydrogen-bond acceptors (Lipinski definition) is 2. The van der Waals surface area contributed by atoms with Crippen LogP contribution in [0.1, 0.15) is 17.3 Å².